The Labute approximate surface area is 115 Å². The molecule has 0 bridgehead atoms. The summed E-state index contributed by atoms with van der Waals surface area (Å²) in [6, 6.07) is 3.94. The Balaban J connectivity index is 2.56. The molecule has 0 amide bonds. The van der Waals surface area contributed by atoms with Crippen molar-refractivity contribution in [3.63, 3.8) is 0 Å². The van der Waals surface area contributed by atoms with Crippen molar-refractivity contribution in [3.05, 3.63) is 22.8 Å². The smallest absolute Gasteiger partial charge is 0.233 e. The number of rotatable bonds is 4. The second-order valence-corrected chi connectivity index (χ2v) is 5.09. The molecule has 0 saturated heterocycles. The predicted octanol–water partition coefficient (Wildman–Crippen LogP) is 2.39. The molecule has 5 nitrogen and oxygen atoms in total. The van der Waals surface area contributed by atoms with Gasteiger partial charge in [-0.05, 0) is 19.9 Å². The molecule has 0 aromatic carbocycles. The van der Waals surface area contributed by atoms with Gasteiger partial charge in [-0.1, -0.05) is 11.6 Å². The fourth-order valence-electron chi connectivity index (χ4n) is 1.79. The van der Waals surface area contributed by atoms with Crippen LogP contribution < -0.4 is 4.74 Å². The molecule has 0 spiro atoms. The third-order valence-electron chi connectivity index (χ3n) is 2.85. The lowest BCUT2D eigenvalue weighted by Gasteiger charge is -2.14. The minimum atomic E-state index is -0.659. The Hall–Kier alpha value is -1.77. The number of pyridine rings is 1. The highest BCUT2D eigenvalue weighted by Gasteiger charge is 2.25. The number of aliphatic hydroxyl groups is 1. The van der Waals surface area contributed by atoms with E-state index in [1.807, 2.05) is 13.8 Å². The van der Waals surface area contributed by atoms with Gasteiger partial charge in [0.15, 0.2) is 0 Å². The average molecular weight is 280 g/mol. The fourth-order valence-corrected chi connectivity index (χ4v) is 1.99. The van der Waals surface area contributed by atoms with E-state index in [0.717, 1.165) is 11.1 Å². The number of aromatic nitrogens is 2. The largest absolute Gasteiger partial charge is 0.474 e. The molecule has 0 unspecified atom stereocenters. The molecule has 0 aliphatic carbocycles. The molecule has 2 aromatic rings. The molecule has 0 aliphatic heterocycles. The lowest BCUT2D eigenvalue weighted by Crippen LogP contribution is -2.13. The standard InChI is InChI=1S/C13H14ClN3O2/c1-13(2,7-15)8-6-16-10-5-9(14)12(17-11(8)10)19-4-3-18/h5-6,16,18H,3-4H2,1-2H3. The number of hydrogen-bond acceptors (Lipinski definition) is 4. The number of nitriles is 1. The zero-order valence-corrected chi connectivity index (χ0v) is 11.5. The maximum absolute atomic E-state index is 9.21. The summed E-state index contributed by atoms with van der Waals surface area (Å²) in [5.74, 6) is 0.262. The molecular weight excluding hydrogens is 266 g/mol. The molecule has 0 radical (unpaired) electrons. The first-order valence-electron chi connectivity index (χ1n) is 5.82. The second-order valence-electron chi connectivity index (χ2n) is 4.68. The molecule has 100 valence electrons. The van der Waals surface area contributed by atoms with Crippen LogP contribution in [0.4, 0.5) is 0 Å². The Bertz CT molecular complexity index is 643. The van der Waals surface area contributed by atoms with Gasteiger partial charge >= 0.3 is 0 Å². The van der Waals surface area contributed by atoms with Gasteiger partial charge in [0, 0.05) is 11.8 Å². The van der Waals surface area contributed by atoms with E-state index in [1.165, 1.54) is 0 Å². The molecule has 2 heterocycles. The topological polar surface area (TPSA) is 81.9 Å². The van der Waals surface area contributed by atoms with Gasteiger partial charge in [0.05, 0.1) is 29.1 Å². The van der Waals surface area contributed by atoms with Crippen LogP contribution in [-0.4, -0.2) is 28.3 Å². The number of H-pyrrole nitrogens is 1. The molecule has 0 atom stereocenters. The van der Waals surface area contributed by atoms with Crippen LogP contribution >= 0.6 is 11.6 Å². The fraction of sp³-hybridized carbons (Fsp3) is 0.385. The van der Waals surface area contributed by atoms with Gasteiger partial charge in [0.1, 0.15) is 11.6 Å². The van der Waals surface area contributed by atoms with Gasteiger partial charge in [0.2, 0.25) is 5.88 Å². The van der Waals surface area contributed by atoms with E-state index in [2.05, 4.69) is 16.0 Å². The predicted molar refractivity (Wildman–Crippen MR) is 72.3 cm³/mol. The summed E-state index contributed by atoms with van der Waals surface area (Å²) < 4.78 is 5.27. The number of nitrogens with zero attached hydrogens (tertiary/aromatic N) is 2. The van der Waals surface area contributed by atoms with E-state index in [-0.39, 0.29) is 19.1 Å². The number of nitrogens with one attached hydrogen (secondary N) is 1. The molecule has 19 heavy (non-hydrogen) atoms. The van der Waals surface area contributed by atoms with Gasteiger partial charge < -0.3 is 14.8 Å². The SMILES string of the molecule is CC(C)(C#N)c1c[nH]c2cc(Cl)c(OCCO)nc12. The van der Waals surface area contributed by atoms with E-state index >= 15 is 0 Å². The molecule has 2 rings (SSSR count). The van der Waals surface area contributed by atoms with E-state index in [9.17, 15) is 5.26 Å². The molecule has 6 heteroatoms. The van der Waals surface area contributed by atoms with Crippen LogP contribution in [0.1, 0.15) is 19.4 Å². The normalized spacial score (nSPS) is 11.5. The van der Waals surface area contributed by atoms with Gasteiger partial charge in [-0.2, -0.15) is 5.26 Å². The first kappa shape index (κ1) is 13.7. The van der Waals surface area contributed by atoms with Crippen LogP contribution in [0, 0.1) is 11.3 Å². The lowest BCUT2D eigenvalue weighted by atomic mass is 9.87. The highest BCUT2D eigenvalue weighted by Crippen LogP contribution is 2.33. The zero-order valence-electron chi connectivity index (χ0n) is 10.7. The van der Waals surface area contributed by atoms with Crippen molar-refractivity contribution in [2.24, 2.45) is 0 Å². The third-order valence-corrected chi connectivity index (χ3v) is 3.12. The van der Waals surface area contributed by atoms with Crippen molar-refractivity contribution in [2.75, 3.05) is 13.2 Å². The summed E-state index contributed by atoms with van der Waals surface area (Å²) >= 11 is 6.04. The van der Waals surface area contributed by atoms with Crippen LogP contribution in [0.25, 0.3) is 11.0 Å². The average Bonchev–Trinajstić information content (AvgIpc) is 2.79. The van der Waals surface area contributed by atoms with Crippen molar-refractivity contribution in [1.82, 2.24) is 9.97 Å². The van der Waals surface area contributed by atoms with Crippen molar-refractivity contribution in [2.45, 2.75) is 19.3 Å². The molecule has 0 fully saturated rings. The van der Waals surface area contributed by atoms with Crippen LogP contribution in [0.3, 0.4) is 0 Å². The number of ether oxygens (including phenoxy) is 1. The van der Waals surface area contributed by atoms with Crippen LogP contribution in [-0.2, 0) is 5.41 Å². The van der Waals surface area contributed by atoms with Crippen molar-refractivity contribution >= 4 is 22.6 Å². The Morgan fingerprint density at radius 2 is 2.32 bits per heavy atom. The molecular formula is C13H14ClN3O2. The minimum Gasteiger partial charge on any atom is -0.474 e. The lowest BCUT2D eigenvalue weighted by molar-refractivity contribution is 0.197. The van der Waals surface area contributed by atoms with Crippen molar-refractivity contribution in [3.8, 4) is 11.9 Å². The van der Waals surface area contributed by atoms with Crippen LogP contribution in [0.5, 0.6) is 5.88 Å². The summed E-state index contributed by atoms with van der Waals surface area (Å²) in [4.78, 5) is 7.39. The van der Waals surface area contributed by atoms with Crippen LogP contribution in [0.2, 0.25) is 5.02 Å². The number of halogens is 1. The minimum absolute atomic E-state index is 0.111. The van der Waals surface area contributed by atoms with Gasteiger partial charge in [-0.15, -0.1) is 0 Å². The first-order valence-corrected chi connectivity index (χ1v) is 6.20. The Kier molecular flexibility index (Phi) is 3.65. The summed E-state index contributed by atoms with van der Waals surface area (Å²) in [7, 11) is 0. The van der Waals surface area contributed by atoms with Gasteiger partial charge in [0.25, 0.3) is 0 Å². The highest BCUT2D eigenvalue weighted by molar-refractivity contribution is 6.32. The van der Waals surface area contributed by atoms with Crippen molar-refractivity contribution in [1.29, 1.82) is 5.26 Å². The van der Waals surface area contributed by atoms with E-state index < -0.39 is 5.41 Å². The monoisotopic (exact) mass is 279 g/mol. The maximum atomic E-state index is 9.21. The molecule has 2 aromatic heterocycles. The zero-order chi connectivity index (χ0) is 14.0. The molecule has 2 N–H and O–H groups in total. The van der Waals surface area contributed by atoms with E-state index in [4.69, 9.17) is 21.4 Å². The quantitative estimate of drug-likeness (QED) is 0.900. The molecule has 0 aliphatic rings. The van der Waals surface area contributed by atoms with E-state index in [0.29, 0.717) is 10.5 Å². The maximum Gasteiger partial charge on any atom is 0.233 e. The van der Waals surface area contributed by atoms with Gasteiger partial charge in [-0.3, -0.25) is 0 Å². The number of aliphatic hydroxyl groups excluding tert-OH is 1. The third kappa shape index (κ3) is 2.50. The van der Waals surface area contributed by atoms with Crippen molar-refractivity contribution < 1.29 is 9.84 Å². The number of fused-ring (bicyclic) bond motifs is 1. The number of aromatic amines is 1. The van der Waals surface area contributed by atoms with Gasteiger partial charge in [-0.25, -0.2) is 4.98 Å². The Morgan fingerprint density at radius 1 is 1.58 bits per heavy atom. The van der Waals surface area contributed by atoms with Crippen LogP contribution in [0.15, 0.2) is 12.3 Å². The second kappa shape index (κ2) is 5.08. The summed E-state index contributed by atoms with van der Waals surface area (Å²) in [5.41, 5.74) is 1.53. The first-order chi connectivity index (χ1) is 8.99. The highest BCUT2D eigenvalue weighted by atomic mass is 35.5. The van der Waals surface area contributed by atoms with E-state index in [1.54, 1.807) is 12.3 Å². The number of hydrogen-bond donors (Lipinski definition) is 2. The Morgan fingerprint density at radius 3 is 2.95 bits per heavy atom. The summed E-state index contributed by atoms with van der Waals surface area (Å²) in [6.07, 6.45) is 1.76. The summed E-state index contributed by atoms with van der Waals surface area (Å²) in [5, 5.41) is 18.3. The summed E-state index contributed by atoms with van der Waals surface area (Å²) in [6.45, 7) is 3.65. The molecule has 0 saturated carbocycles.